The van der Waals surface area contributed by atoms with Crippen molar-refractivity contribution in [1.82, 2.24) is 15.5 Å². The van der Waals surface area contributed by atoms with Crippen molar-refractivity contribution >= 4 is 41.3 Å². The minimum Gasteiger partial charge on any atom is -0.469 e. The summed E-state index contributed by atoms with van der Waals surface area (Å²) < 4.78 is 10.8. The van der Waals surface area contributed by atoms with Crippen LogP contribution in [0.3, 0.4) is 0 Å². The van der Waals surface area contributed by atoms with Gasteiger partial charge in [-0.05, 0) is 36.9 Å². The number of aliphatic imine (C=N–C) groups is 1. The Morgan fingerprint density at radius 2 is 1.97 bits per heavy atom. The Bertz CT molecular complexity index is 674. The minimum atomic E-state index is -0.888. The van der Waals surface area contributed by atoms with Crippen molar-refractivity contribution < 1.29 is 14.3 Å². The van der Waals surface area contributed by atoms with Crippen LogP contribution in [-0.2, 0) is 17.6 Å². The van der Waals surface area contributed by atoms with E-state index in [0.717, 1.165) is 57.4 Å². The Kier molecular flexibility index (Phi) is 11.1. The Hall–Kier alpha value is -1.14. The zero-order valence-corrected chi connectivity index (χ0v) is 20.7. The third kappa shape index (κ3) is 9.34. The van der Waals surface area contributed by atoms with Crippen LogP contribution in [0.2, 0.25) is 0 Å². The second-order valence-corrected chi connectivity index (χ2v) is 8.59. The molecule has 2 aromatic rings. The fourth-order valence-electron chi connectivity index (χ4n) is 3.23. The molecule has 1 aliphatic rings. The average Bonchev–Trinajstić information content (AvgIpc) is 3.40. The van der Waals surface area contributed by atoms with Gasteiger partial charge in [0.15, 0.2) is 5.96 Å². The van der Waals surface area contributed by atoms with E-state index in [9.17, 15) is 5.11 Å². The highest BCUT2D eigenvalue weighted by Crippen LogP contribution is 2.10. The highest BCUT2D eigenvalue weighted by Gasteiger charge is 2.25. The molecule has 0 bridgehead atoms. The Morgan fingerprint density at radius 1 is 1.20 bits per heavy atom. The lowest BCUT2D eigenvalue weighted by molar-refractivity contribution is -0.0179. The summed E-state index contributed by atoms with van der Waals surface area (Å²) >= 11 is 1.76. The van der Waals surface area contributed by atoms with Gasteiger partial charge < -0.3 is 24.9 Å². The second-order valence-electron chi connectivity index (χ2n) is 7.56. The summed E-state index contributed by atoms with van der Waals surface area (Å²) in [4.78, 5) is 8.23. The standard InChI is InChI=1S/C21H32N4O3S.HI/c1-21(26,17-25-10-13-27-14-11-25)16-24-20(22-8-6-18-4-2-12-28-18)23-9-7-19-5-3-15-29-19;/h2-5,12,15,26H,6-11,13-14,16-17H2,1H3,(H2,22,23,24);1H. The topological polar surface area (TPSA) is 82.3 Å². The lowest BCUT2D eigenvalue weighted by Crippen LogP contribution is -2.48. The van der Waals surface area contributed by atoms with E-state index in [1.54, 1.807) is 17.6 Å². The van der Waals surface area contributed by atoms with Crippen LogP contribution in [-0.4, -0.2) is 74.0 Å². The Labute approximate surface area is 199 Å². The largest absolute Gasteiger partial charge is 0.469 e. The molecule has 30 heavy (non-hydrogen) atoms. The molecule has 0 amide bonds. The molecule has 7 nitrogen and oxygen atoms in total. The van der Waals surface area contributed by atoms with Gasteiger partial charge in [-0.2, -0.15) is 0 Å². The summed E-state index contributed by atoms with van der Waals surface area (Å²) in [6.45, 7) is 7.43. The zero-order valence-electron chi connectivity index (χ0n) is 17.5. The van der Waals surface area contributed by atoms with Crippen molar-refractivity contribution in [1.29, 1.82) is 0 Å². The SMILES string of the molecule is CC(O)(CN=C(NCCc1ccco1)NCCc1cccs1)CN1CCOCC1.I. The monoisotopic (exact) mass is 548 g/mol. The average molecular weight is 548 g/mol. The smallest absolute Gasteiger partial charge is 0.191 e. The Balaban J connectivity index is 0.00000320. The molecule has 1 aliphatic heterocycles. The number of aliphatic hydroxyl groups is 1. The number of furan rings is 1. The van der Waals surface area contributed by atoms with E-state index in [0.29, 0.717) is 19.6 Å². The number of nitrogens with zero attached hydrogens (tertiary/aromatic N) is 2. The van der Waals surface area contributed by atoms with Crippen LogP contribution < -0.4 is 10.6 Å². The highest BCUT2D eigenvalue weighted by atomic mass is 127. The van der Waals surface area contributed by atoms with E-state index < -0.39 is 5.60 Å². The predicted octanol–water partition coefficient (Wildman–Crippen LogP) is 2.36. The van der Waals surface area contributed by atoms with E-state index in [-0.39, 0.29) is 24.0 Å². The molecule has 2 aromatic heterocycles. The van der Waals surface area contributed by atoms with Crippen LogP contribution in [0, 0.1) is 0 Å². The first-order valence-corrected chi connectivity index (χ1v) is 11.1. The van der Waals surface area contributed by atoms with E-state index in [1.807, 2.05) is 19.1 Å². The third-order valence-corrected chi connectivity index (χ3v) is 5.67. The summed E-state index contributed by atoms with van der Waals surface area (Å²) in [5, 5.41) is 19.6. The van der Waals surface area contributed by atoms with Gasteiger partial charge in [-0.25, -0.2) is 0 Å². The van der Waals surface area contributed by atoms with Gasteiger partial charge >= 0.3 is 0 Å². The Morgan fingerprint density at radius 3 is 2.63 bits per heavy atom. The predicted molar refractivity (Wildman–Crippen MR) is 132 cm³/mol. The molecule has 0 radical (unpaired) electrons. The summed E-state index contributed by atoms with van der Waals surface area (Å²) in [6.07, 6.45) is 3.41. The van der Waals surface area contributed by atoms with Gasteiger partial charge in [-0.3, -0.25) is 9.89 Å². The van der Waals surface area contributed by atoms with E-state index in [2.05, 4.69) is 38.0 Å². The van der Waals surface area contributed by atoms with Crippen LogP contribution in [0.5, 0.6) is 0 Å². The maximum atomic E-state index is 10.8. The molecular formula is C21H33IN4O3S. The van der Waals surface area contributed by atoms with Crippen LogP contribution in [0.4, 0.5) is 0 Å². The first kappa shape index (κ1) is 25.1. The first-order chi connectivity index (χ1) is 14.1. The second kappa shape index (κ2) is 13.3. The molecule has 0 aliphatic carbocycles. The third-order valence-electron chi connectivity index (χ3n) is 4.73. The number of β-amino-alcohol motifs (C(OH)–C–C–N with tert-alkyl or cyclic N) is 1. The molecule has 3 rings (SSSR count). The van der Waals surface area contributed by atoms with Gasteiger partial charge in [0.25, 0.3) is 0 Å². The van der Waals surface area contributed by atoms with Crippen molar-refractivity contribution in [3.63, 3.8) is 0 Å². The summed E-state index contributed by atoms with van der Waals surface area (Å²) in [5.74, 6) is 1.66. The van der Waals surface area contributed by atoms with E-state index in [1.165, 1.54) is 4.88 Å². The molecule has 3 N–H and O–H groups in total. The van der Waals surface area contributed by atoms with Gasteiger partial charge in [0.05, 0.1) is 31.6 Å². The van der Waals surface area contributed by atoms with E-state index in [4.69, 9.17) is 9.15 Å². The summed E-state index contributed by atoms with van der Waals surface area (Å²) in [5.41, 5.74) is -0.888. The molecule has 9 heteroatoms. The molecule has 0 spiro atoms. The highest BCUT2D eigenvalue weighted by molar-refractivity contribution is 14.0. The lowest BCUT2D eigenvalue weighted by Gasteiger charge is -2.33. The number of hydrogen-bond donors (Lipinski definition) is 3. The number of hydrogen-bond acceptors (Lipinski definition) is 6. The maximum Gasteiger partial charge on any atom is 0.191 e. The normalized spacial score (nSPS) is 17.2. The van der Waals surface area contributed by atoms with Crippen LogP contribution in [0.15, 0.2) is 45.3 Å². The van der Waals surface area contributed by atoms with Crippen molar-refractivity contribution in [3.8, 4) is 0 Å². The number of thiophene rings is 1. The van der Waals surface area contributed by atoms with Crippen molar-refractivity contribution in [2.45, 2.75) is 25.4 Å². The molecule has 0 saturated carbocycles. The summed E-state index contributed by atoms with van der Waals surface area (Å²) in [7, 11) is 0. The molecular weight excluding hydrogens is 515 g/mol. The van der Waals surface area contributed by atoms with Gasteiger partial charge in [0.1, 0.15) is 5.76 Å². The van der Waals surface area contributed by atoms with Crippen molar-refractivity contribution in [3.05, 3.63) is 46.5 Å². The van der Waals surface area contributed by atoms with Crippen LogP contribution >= 0.6 is 35.3 Å². The minimum absolute atomic E-state index is 0. The number of halogens is 1. The van der Waals surface area contributed by atoms with Crippen LogP contribution in [0.25, 0.3) is 0 Å². The van der Waals surface area contributed by atoms with Gasteiger partial charge in [-0.15, -0.1) is 35.3 Å². The number of guanidine groups is 1. The molecule has 1 saturated heterocycles. The lowest BCUT2D eigenvalue weighted by atomic mass is 10.1. The van der Waals surface area contributed by atoms with Gasteiger partial charge in [-0.1, -0.05) is 6.07 Å². The fraction of sp³-hybridized carbons (Fsp3) is 0.571. The van der Waals surface area contributed by atoms with Gasteiger partial charge in [0.2, 0.25) is 0 Å². The van der Waals surface area contributed by atoms with Gasteiger partial charge in [0, 0.05) is 44.0 Å². The molecule has 3 heterocycles. The zero-order chi connectivity index (χ0) is 20.4. The number of rotatable bonds is 10. The number of morpholine rings is 1. The number of ether oxygens (including phenoxy) is 1. The molecule has 1 fully saturated rings. The first-order valence-electron chi connectivity index (χ1n) is 10.2. The quantitative estimate of drug-likeness (QED) is 0.240. The summed E-state index contributed by atoms with van der Waals surface area (Å²) in [6, 6.07) is 8.07. The van der Waals surface area contributed by atoms with Crippen molar-refractivity contribution in [2.75, 3.05) is 52.5 Å². The number of nitrogens with one attached hydrogen (secondary N) is 2. The molecule has 1 unspecified atom stereocenters. The van der Waals surface area contributed by atoms with E-state index >= 15 is 0 Å². The molecule has 1 atom stereocenters. The van der Waals surface area contributed by atoms with Crippen molar-refractivity contribution in [2.24, 2.45) is 4.99 Å². The fourth-order valence-corrected chi connectivity index (χ4v) is 3.94. The maximum absolute atomic E-state index is 10.8. The molecule has 0 aromatic carbocycles. The van der Waals surface area contributed by atoms with Crippen LogP contribution in [0.1, 0.15) is 17.6 Å². The molecule has 168 valence electrons.